The van der Waals surface area contributed by atoms with Crippen LogP contribution in [0.3, 0.4) is 0 Å². The molecule has 0 saturated heterocycles. The standard InChI is InChI=1S/C41H64N8O16S/c1-40(2,65-23-41(3,4)64-18-16-43-30(50)12-10-26(37(59)60)48-39(63)49-27(38(61)62)11-13-32(52)53)15-14-31(51)46-28(20-24-8-6-5-7-9-24)36(58)45-22-25(42)34(56)47-29(21-33(54)55)35(57)44-17-19-66/h5-9,25-29,66H,10-23,42H2,1-4H3,(H,43,50)(H,44,57)(H,45,58)(H,46,51)(H,47,56)(H,52,53)(H,54,55)(H,59,60)(H,61,62)(H2,48,49,63). The van der Waals surface area contributed by atoms with Crippen molar-refractivity contribution in [2.24, 2.45) is 5.73 Å². The van der Waals surface area contributed by atoms with E-state index in [4.69, 9.17) is 20.3 Å². The molecule has 0 heterocycles. The Kier molecular flexibility index (Phi) is 25.9. The number of carbonyl (C=O) groups excluding carboxylic acids is 6. The highest BCUT2D eigenvalue weighted by atomic mass is 32.1. The van der Waals surface area contributed by atoms with Crippen LogP contribution in [0.2, 0.25) is 0 Å². The maximum atomic E-state index is 13.4. The molecule has 0 saturated carbocycles. The number of carboxylic acid groups (broad SMARTS) is 4. The number of urea groups is 1. The molecule has 370 valence electrons. The summed E-state index contributed by atoms with van der Waals surface area (Å²) in [6, 6.07) is 0.652. The number of aliphatic carboxylic acids is 4. The molecule has 0 aliphatic rings. The van der Waals surface area contributed by atoms with E-state index in [1.807, 2.05) is 5.32 Å². The van der Waals surface area contributed by atoms with Gasteiger partial charge in [0.05, 0.1) is 30.8 Å². The lowest BCUT2D eigenvalue weighted by Gasteiger charge is -2.32. The van der Waals surface area contributed by atoms with Crippen molar-refractivity contribution in [1.82, 2.24) is 37.2 Å². The van der Waals surface area contributed by atoms with Gasteiger partial charge in [-0.1, -0.05) is 30.3 Å². The first-order valence-corrected chi connectivity index (χ1v) is 21.5. The number of hydrogen-bond acceptors (Lipinski definition) is 14. The smallest absolute Gasteiger partial charge is 0.326 e. The summed E-state index contributed by atoms with van der Waals surface area (Å²) in [4.78, 5) is 121. The van der Waals surface area contributed by atoms with E-state index in [0.29, 0.717) is 0 Å². The fourth-order valence-corrected chi connectivity index (χ4v) is 5.75. The summed E-state index contributed by atoms with van der Waals surface area (Å²) < 4.78 is 12.0. The van der Waals surface area contributed by atoms with Crippen LogP contribution < -0.4 is 43.0 Å². The molecule has 24 nitrogen and oxygen atoms in total. The molecule has 5 atom stereocenters. The molecule has 0 bridgehead atoms. The number of nitrogens with two attached hydrogens (primary N) is 1. The summed E-state index contributed by atoms with van der Waals surface area (Å²) >= 11 is 3.98. The molecule has 0 aliphatic heterocycles. The molecule has 66 heavy (non-hydrogen) atoms. The summed E-state index contributed by atoms with van der Waals surface area (Å²) in [5.41, 5.74) is 4.96. The van der Waals surface area contributed by atoms with Gasteiger partial charge in [-0.05, 0) is 52.5 Å². The average Bonchev–Trinajstić information content (AvgIpc) is 3.24. The lowest BCUT2D eigenvalue weighted by Crippen LogP contribution is -2.56. The second kappa shape index (κ2) is 29.5. The van der Waals surface area contributed by atoms with Crippen molar-refractivity contribution in [3.05, 3.63) is 35.9 Å². The highest BCUT2D eigenvalue weighted by Gasteiger charge is 2.30. The molecule has 5 unspecified atom stereocenters. The predicted molar refractivity (Wildman–Crippen MR) is 237 cm³/mol. The van der Waals surface area contributed by atoms with Crippen LogP contribution in [0, 0.1) is 0 Å². The Hall–Kier alpha value is -6.05. The monoisotopic (exact) mass is 956 g/mol. The van der Waals surface area contributed by atoms with E-state index in [9.17, 15) is 63.3 Å². The fraction of sp³-hybridized carbons (Fsp3) is 0.610. The first kappa shape index (κ1) is 58.0. The van der Waals surface area contributed by atoms with Crippen LogP contribution in [0.4, 0.5) is 4.79 Å². The number of carboxylic acids is 4. The van der Waals surface area contributed by atoms with Crippen LogP contribution in [0.5, 0.6) is 0 Å². The number of thiol groups is 1. The molecule has 1 rings (SSSR count). The van der Waals surface area contributed by atoms with E-state index in [1.165, 1.54) is 0 Å². The van der Waals surface area contributed by atoms with Crippen molar-refractivity contribution in [3.63, 3.8) is 0 Å². The molecular weight excluding hydrogens is 893 g/mol. The van der Waals surface area contributed by atoms with Crippen molar-refractivity contribution in [1.29, 1.82) is 0 Å². The third kappa shape index (κ3) is 25.4. The van der Waals surface area contributed by atoms with Gasteiger partial charge in [0.2, 0.25) is 29.5 Å². The van der Waals surface area contributed by atoms with Gasteiger partial charge in [0.1, 0.15) is 30.2 Å². The van der Waals surface area contributed by atoms with Gasteiger partial charge in [-0.3, -0.25) is 33.6 Å². The molecule has 0 fully saturated rings. The molecule has 0 radical (unpaired) electrons. The van der Waals surface area contributed by atoms with Crippen molar-refractivity contribution >= 4 is 72.1 Å². The van der Waals surface area contributed by atoms with E-state index < -0.39 is 127 Å². The van der Waals surface area contributed by atoms with Gasteiger partial charge < -0.3 is 72.9 Å². The number of hydrogen-bond donors (Lipinski definition) is 13. The molecule has 25 heteroatoms. The lowest BCUT2D eigenvalue weighted by molar-refractivity contribution is -0.141. The summed E-state index contributed by atoms with van der Waals surface area (Å²) in [6.45, 7) is 6.84. The zero-order valence-corrected chi connectivity index (χ0v) is 38.3. The predicted octanol–water partition coefficient (Wildman–Crippen LogP) is -1.50. The van der Waals surface area contributed by atoms with Gasteiger partial charge in [-0.25, -0.2) is 14.4 Å². The molecule has 1 aromatic rings. The normalized spacial score (nSPS) is 13.6. The SMILES string of the molecule is CC(C)(CCC(=O)NC(Cc1ccccc1)C(=O)NCC(N)C(=O)NC(CC(=O)O)C(=O)NCCS)OCC(C)(C)OCCNC(=O)CCC(NC(=O)NC(CCC(=O)O)C(=O)O)C(=O)O. The number of carbonyl (C=O) groups is 10. The van der Waals surface area contributed by atoms with Crippen molar-refractivity contribution in [3.8, 4) is 0 Å². The summed E-state index contributed by atoms with van der Waals surface area (Å²) in [5.74, 6) is -8.65. The van der Waals surface area contributed by atoms with Gasteiger partial charge in [-0.2, -0.15) is 12.6 Å². The Balaban J connectivity index is 2.66. The van der Waals surface area contributed by atoms with Gasteiger partial charge in [0, 0.05) is 51.1 Å². The van der Waals surface area contributed by atoms with Crippen LogP contribution >= 0.6 is 12.6 Å². The molecule has 1 aromatic carbocycles. The number of benzene rings is 1. The first-order valence-electron chi connectivity index (χ1n) is 20.9. The summed E-state index contributed by atoms with van der Waals surface area (Å²) in [7, 11) is 0. The minimum absolute atomic E-state index is 0.0282. The van der Waals surface area contributed by atoms with Crippen molar-refractivity contribution < 1.29 is 77.8 Å². The Morgan fingerprint density at radius 2 is 1.23 bits per heavy atom. The minimum atomic E-state index is -1.58. The summed E-state index contributed by atoms with van der Waals surface area (Å²) in [6.07, 6.45) is -2.11. The molecular formula is C41H64N8O16S. The zero-order chi connectivity index (χ0) is 50.0. The molecule has 0 spiro atoms. The molecule has 13 N–H and O–H groups in total. The minimum Gasteiger partial charge on any atom is -0.481 e. The fourth-order valence-electron chi connectivity index (χ4n) is 5.64. The highest BCUT2D eigenvalue weighted by Crippen LogP contribution is 2.21. The maximum absolute atomic E-state index is 13.4. The van der Waals surface area contributed by atoms with Gasteiger partial charge in [0.15, 0.2) is 0 Å². The van der Waals surface area contributed by atoms with E-state index in [2.05, 4.69) is 44.5 Å². The second-order valence-corrected chi connectivity index (χ2v) is 16.7. The van der Waals surface area contributed by atoms with Crippen LogP contribution in [-0.4, -0.2) is 160 Å². The quantitative estimate of drug-likeness (QED) is 0.0282. The third-order valence-electron chi connectivity index (χ3n) is 9.39. The second-order valence-electron chi connectivity index (χ2n) is 16.2. The molecule has 0 aliphatic carbocycles. The van der Waals surface area contributed by atoms with Crippen LogP contribution in [0.1, 0.15) is 78.2 Å². The Bertz CT molecular complexity index is 1820. The van der Waals surface area contributed by atoms with Gasteiger partial charge >= 0.3 is 29.9 Å². The highest BCUT2D eigenvalue weighted by molar-refractivity contribution is 7.80. The van der Waals surface area contributed by atoms with Crippen LogP contribution in [0.15, 0.2) is 30.3 Å². The number of amides is 7. The van der Waals surface area contributed by atoms with Crippen LogP contribution in [-0.2, 0) is 59.0 Å². The summed E-state index contributed by atoms with van der Waals surface area (Å²) in [5, 5.41) is 53.3. The topological polar surface area (TPSA) is 380 Å². The number of ether oxygens (including phenoxy) is 2. The Morgan fingerprint density at radius 1 is 0.636 bits per heavy atom. The maximum Gasteiger partial charge on any atom is 0.326 e. The lowest BCUT2D eigenvalue weighted by atomic mass is 10.0. The molecule has 7 amide bonds. The Morgan fingerprint density at radius 3 is 1.79 bits per heavy atom. The number of nitrogens with one attached hydrogen (secondary N) is 7. The van der Waals surface area contributed by atoms with E-state index in [1.54, 1.807) is 58.0 Å². The van der Waals surface area contributed by atoms with Crippen molar-refractivity contribution in [2.75, 3.05) is 38.6 Å². The third-order valence-corrected chi connectivity index (χ3v) is 9.61. The van der Waals surface area contributed by atoms with Crippen molar-refractivity contribution in [2.45, 2.75) is 120 Å². The average molecular weight is 957 g/mol. The van der Waals surface area contributed by atoms with Crippen LogP contribution in [0.25, 0.3) is 0 Å². The first-order chi connectivity index (χ1) is 30.8. The molecule has 0 aromatic heterocycles. The number of rotatable bonds is 33. The largest absolute Gasteiger partial charge is 0.481 e. The Labute approximate surface area is 387 Å². The van der Waals surface area contributed by atoms with Gasteiger partial charge in [-0.15, -0.1) is 0 Å². The zero-order valence-electron chi connectivity index (χ0n) is 37.4. The van der Waals surface area contributed by atoms with E-state index in [-0.39, 0.29) is 64.2 Å². The van der Waals surface area contributed by atoms with Gasteiger partial charge in [0.25, 0.3) is 0 Å². The van der Waals surface area contributed by atoms with E-state index in [0.717, 1.165) is 5.56 Å². The van der Waals surface area contributed by atoms with E-state index >= 15 is 0 Å².